The Balaban J connectivity index is 2.15. The molecule has 5 heteroatoms. The number of carbonyl (C=O) groups excluding carboxylic acids is 1. The molecule has 1 aliphatic rings. The topological polar surface area (TPSA) is 60.4 Å². The number of hydrogen-bond donors (Lipinski definition) is 0. The van der Waals surface area contributed by atoms with E-state index in [1.807, 2.05) is 6.92 Å². The van der Waals surface area contributed by atoms with Gasteiger partial charge in [-0.15, -0.1) is 0 Å². The van der Waals surface area contributed by atoms with Gasteiger partial charge in [0, 0.05) is 6.42 Å². The minimum absolute atomic E-state index is 0.0568. The highest BCUT2D eigenvalue weighted by atomic mass is 32.2. The van der Waals surface area contributed by atoms with Crippen molar-refractivity contribution in [3.63, 3.8) is 0 Å². The molecule has 1 aromatic carbocycles. The lowest BCUT2D eigenvalue weighted by atomic mass is 10.0. The fourth-order valence-corrected chi connectivity index (χ4v) is 3.41. The lowest BCUT2D eigenvalue weighted by Crippen LogP contribution is -2.39. The summed E-state index contributed by atoms with van der Waals surface area (Å²) < 4.78 is 29.7. The molecule has 18 heavy (non-hydrogen) atoms. The molecule has 0 N–H and O–H groups in total. The Hall–Kier alpha value is -1.20. The highest BCUT2D eigenvalue weighted by Gasteiger charge is 2.32. The molecule has 1 aromatic rings. The van der Waals surface area contributed by atoms with E-state index >= 15 is 0 Å². The fraction of sp³-hybridized carbons (Fsp3) is 0.462. The van der Waals surface area contributed by atoms with Crippen LogP contribution in [0.1, 0.15) is 19.8 Å². The van der Waals surface area contributed by atoms with Crippen molar-refractivity contribution in [2.45, 2.75) is 36.9 Å². The van der Waals surface area contributed by atoms with Gasteiger partial charge in [-0.25, -0.2) is 8.42 Å². The lowest BCUT2D eigenvalue weighted by molar-refractivity contribution is -0.139. The van der Waals surface area contributed by atoms with Gasteiger partial charge in [-0.1, -0.05) is 18.2 Å². The summed E-state index contributed by atoms with van der Waals surface area (Å²) in [6.45, 7) is 1.86. The molecule has 0 radical (unpaired) electrons. The van der Waals surface area contributed by atoms with E-state index in [1.54, 1.807) is 18.2 Å². The Labute approximate surface area is 107 Å². The fourth-order valence-electron chi connectivity index (χ4n) is 1.99. The second-order valence-corrected chi connectivity index (χ2v) is 6.57. The standard InChI is InChI=1S/C13H16O4S/c1-10-7-8-12(14)13(17-10)9-18(15,16)11-5-3-2-4-6-11/h2-6,10,13H,7-9H2,1H3/t10-,13-/m1/s1. The van der Waals surface area contributed by atoms with E-state index in [4.69, 9.17) is 4.74 Å². The number of carbonyl (C=O) groups is 1. The average Bonchev–Trinajstić information content (AvgIpc) is 2.35. The molecule has 2 atom stereocenters. The molecule has 0 aromatic heterocycles. The summed E-state index contributed by atoms with van der Waals surface area (Å²) in [4.78, 5) is 11.9. The molecule has 1 aliphatic heterocycles. The third-order valence-corrected chi connectivity index (χ3v) is 4.76. The Kier molecular flexibility index (Phi) is 3.82. The molecule has 4 nitrogen and oxygen atoms in total. The summed E-state index contributed by atoms with van der Waals surface area (Å²) in [6, 6.07) is 8.15. The number of ether oxygens (including phenoxy) is 1. The maximum absolute atomic E-state index is 12.1. The number of benzene rings is 1. The molecule has 2 rings (SSSR count). The quantitative estimate of drug-likeness (QED) is 0.835. The predicted octanol–water partition coefficient (Wildman–Crippen LogP) is 1.60. The van der Waals surface area contributed by atoms with Crippen LogP contribution in [0.15, 0.2) is 35.2 Å². The summed E-state index contributed by atoms with van der Waals surface area (Å²) in [5.74, 6) is -0.382. The monoisotopic (exact) mass is 268 g/mol. The molecule has 0 unspecified atom stereocenters. The van der Waals surface area contributed by atoms with Crippen LogP contribution in [-0.4, -0.2) is 32.2 Å². The molecule has 1 saturated heterocycles. The predicted molar refractivity (Wildman–Crippen MR) is 67.1 cm³/mol. The van der Waals surface area contributed by atoms with Crippen LogP contribution in [0.5, 0.6) is 0 Å². The Morgan fingerprint density at radius 1 is 1.28 bits per heavy atom. The van der Waals surface area contributed by atoms with E-state index in [-0.39, 0.29) is 22.5 Å². The smallest absolute Gasteiger partial charge is 0.181 e. The van der Waals surface area contributed by atoms with Crippen molar-refractivity contribution in [1.29, 1.82) is 0 Å². The first kappa shape index (κ1) is 13.2. The van der Waals surface area contributed by atoms with Crippen molar-refractivity contribution in [2.75, 3.05) is 5.75 Å². The maximum Gasteiger partial charge on any atom is 0.181 e. The summed E-state index contributed by atoms with van der Waals surface area (Å²) in [6.07, 6.45) is 0.189. The lowest BCUT2D eigenvalue weighted by Gasteiger charge is -2.26. The number of Topliss-reactive ketones (excluding diaryl/α,β-unsaturated/α-hetero) is 1. The Morgan fingerprint density at radius 2 is 1.94 bits per heavy atom. The SMILES string of the molecule is C[C@@H]1CCC(=O)[C@@H](CS(=O)(=O)c2ccccc2)O1. The van der Waals surface area contributed by atoms with Crippen LogP contribution in [-0.2, 0) is 19.4 Å². The zero-order chi connectivity index (χ0) is 13.2. The first-order valence-corrected chi connectivity index (χ1v) is 7.60. The van der Waals surface area contributed by atoms with Gasteiger partial charge in [0.25, 0.3) is 0 Å². The largest absolute Gasteiger partial charge is 0.366 e. The summed E-state index contributed by atoms with van der Waals surface area (Å²) >= 11 is 0. The van der Waals surface area contributed by atoms with E-state index in [9.17, 15) is 13.2 Å². The zero-order valence-electron chi connectivity index (χ0n) is 10.2. The second-order valence-electron chi connectivity index (χ2n) is 4.53. The summed E-state index contributed by atoms with van der Waals surface area (Å²) in [5, 5.41) is 0. The molecule has 98 valence electrons. The van der Waals surface area contributed by atoms with Crippen LogP contribution in [0.4, 0.5) is 0 Å². The maximum atomic E-state index is 12.1. The molecule has 0 spiro atoms. The third kappa shape index (κ3) is 2.97. The van der Waals surface area contributed by atoms with E-state index in [0.717, 1.165) is 0 Å². The van der Waals surface area contributed by atoms with Crippen molar-refractivity contribution in [2.24, 2.45) is 0 Å². The highest BCUT2D eigenvalue weighted by Crippen LogP contribution is 2.20. The van der Waals surface area contributed by atoms with Crippen molar-refractivity contribution in [1.82, 2.24) is 0 Å². The van der Waals surface area contributed by atoms with Gasteiger partial charge in [-0.2, -0.15) is 0 Å². The average molecular weight is 268 g/mol. The minimum atomic E-state index is -3.46. The van der Waals surface area contributed by atoms with E-state index < -0.39 is 15.9 Å². The van der Waals surface area contributed by atoms with Gasteiger partial charge < -0.3 is 4.74 Å². The summed E-state index contributed by atoms with van der Waals surface area (Å²) in [5.41, 5.74) is 0. The van der Waals surface area contributed by atoms with Crippen LogP contribution >= 0.6 is 0 Å². The second kappa shape index (κ2) is 5.20. The van der Waals surface area contributed by atoms with Gasteiger partial charge in [-0.3, -0.25) is 4.79 Å². The molecular formula is C13H16O4S. The first-order valence-electron chi connectivity index (χ1n) is 5.95. The van der Waals surface area contributed by atoms with E-state index in [1.165, 1.54) is 12.1 Å². The van der Waals surface area contributed by atoms with Crippen molar-refractivity contribution >= 4 is 15.6 Å². The van der Waals surface area contributed by atoms with Gasteiger partial charge in [0.2, 0.25) is 0 Å². The van der Waals surface area contributed by atoms with Crippen LogP contribution < -0.4 is 0 Å². The minimum Gasteiger partial charge on any atom is -0.366 e. The number of rotatable bonds is 3. The van der Waals surface area contributed by atoms with Gasteiger partial charge in [0.05, 0.1) is 16.8 Å². The first-order chi connectivity index (χ1) is 8.49. The molecular weight excluding hydrogens is 252 g/mol. The van der Waals surface area contributed by atoms with Crippen molar-refractivity contribution in [3.8, 4) is 0 Å². The Morgan fingerprint density at radius 3 is 2.61 bits per heavy atom. The van der Waals surface area contributed by atoms with Gasteiger partial charge in [-0.05, 0) is 25.5 Å². The zero-order valence-corrected chi connectivity index (χ0v) is 11.0. The Bertz CT molecular complexity index is 521. The summed E-state index contributed by atoms with van der Waals surface area (Å²) in [7, 11) is -3.46. The van der Waals surface area contributed by atoms with E-state index in [0.29, 0.717) is 12.8 Å². The van der Waals surface area contributed by atoms with Crippen LogP contribution in [0.25, 0.3) is 0 Å². The normalized spacial score (nSPS) is 25.1. The van der Waals surface area contributed by atoms with E-state index in [2.05, 4.69) is 0 Å². The molecule has 0 aliphatic carbocycles. The molecule has 0 amide bonds. The number of hydrogen-bond acceptors (Lipinski definition) is 4. The molecule has 0 saturated carbocycles. The third-order valence-electron chi connectivity index (χ3n) is 3.03. The van der Waals surface area contributed by atoms with Gasteiger partial charge >= 0.3 is 0 Å². The molecule has 0 bridgehead atoms. The highest BCUT2D eigenvalue weighted by molar-refractivity contribution is 7.91. The number of ketones is 1. The molecule has 1 fully saturated rings. The van der Waals surface area contributed by atoms with Crippen LogP contribution in [0.3, 0.4) is 0 Å². The van der Waals surface area contributed by atoms with Crippen LogP contribution in [0.2, 0.25) is 0 Å². The van der Waals surface area contributed by atoms with Crippen molar-refractivity contribution < 1.29 is 17.9 Å². The molecule has 1 heterocycles. The van der Waals surface area contributed by atoms with Crippen molar-refractivity contribution in [3.05, 3.63) is 30.3 Å². The van der Waals surface area contributed by atoms with Gasteiger partial charge in [0.15, 0.2) is 15.6 Å². The number of sulfone groups is 1. The van der Waals surface area contributed by atoms with Gasteiger partial charge in [0.1, 0.15) is 6.10 Å². The van der Waals surface area contributed by atoms with Crippen LogP contribution in [0, 0.1) is 0 Å².